The van der Waals surface area contributed by atoms with E-state index in [-0.39, 0.29) is 43.7 Å². The summed E-state index contributed by atoms with van der Waals surface area (Å²) >= 11 is 25.1. The number of carboxylic acid groups (broad SMARTS) is 1. The van der Waals surface area contributed by atoms with Gasteiger partial charge in [-0.25, -0.2) is 14.2 Å². The summed E-state index contributed by atoms with van der Waals surface area (Å²) in [6, 6.07) is 6.13. The van der Waals surface area contributed by atoms with Crippen molar-refractivity contribution < 1.29 is 28.7 Å². The van der Waals surface area contributed by atoms with Gasteiger partial charge in [-0.15, -0.1) is 0 Å². The van der Waals surface area contributed by atoms with E-state index < -0.39 is 29.0 Å². The van der Waals surface area contributed by atoms with E-state index in [1.807, 2.05) is 14.4 Å². The van der Waals surface area contributed by atoms with Gasteiger partial charge >= 0.3 is 5.97 Å². The fraction of sp³-hybridized carbons (Fsp3) is 0.436. The number of anilines is 1. The van der Waals surface area contributed by atoms with Gasteiger partial charge in [-0.1, -0.05) is 65.2 Å². The molecule has 2 N–H and O–H groups in total. The number of carboxylic acids is 1. The number of pyridine rings is 1. The van der Waals surface area contributed by atoms with Crippen LogP contribution in [0.4, 0.5) is 10.1 Å². The monoisotopic (exact) mass is 891 g/mol. The largest absolute Gasteiger partial charge is 0.477 e. The van der Waals surface area contributed by atoms with E-state index in [2.05, 4.69) is 10.3 Å². The number of nitrogens with one attached hydrogen (secondary N) is 1. The summed E-state index contributed by atoms with van der Waals surface area (Å²) in [5.41, 5.74) is 3.19. The van der Waals surface area contributed by atoms with E-state index in [0.717, 1.165) is 63.5 Å². The van der Waals surface area contributed by atoms with E-state index in [0.29, 0.717) is 72.5 Å². The van der Waals surface area contributed by atoms with E-state index in [1.165, 1.54) is 23.2 Å². The zero-order chi connectivity index (χ0) is 41.2. The van der Waals surface area contributed by atoms with Crippen LogP contribution in [0, 0.1) is 5.82 Å². The first-order valence-corrected chi connectivity index (χ1v) is 21.4. The van der Waals surface area contributed by atoms with Crippen LogP contribution in [-0.4, -0.2) is 123 Å². The maximum atomic E-state index is 15.4. The molecular formula is C39H41Cl3FN7O6S2. The van der Waals surface area contributed by atoms with Crippen molar-refractivity contribution >= 4 is 109 Å². The van der Waals surface area contributed by atoms with Crippen molar-refractivity contribution in [3.05, 3.63) is 77.6 Å². The van der Waals surface area contributed by atoms with Gasteiger partial charge in [-0.3, -0.25) is 34.4 Å². The SMILES string of the molecule is O=C(CN1C(=O)/C(=C/c2c(Cl)ccc(Cl)c2Cl)SC1=S)NN1CCN(C(=O)CCCCCN2CCN(c3cc4c(cc3F)c(=O)c(C(=O)O)cn4C3CC3)CC2)CC1. The van der Waals surface area contributed by atoms with Crippen LogP contribution in [0.15, 0.2) is 40.2 Å². The third kappa shape index (κ3) is 9.48. The Balaban J connectivity index is 0.797. The lowest BCUT2D eigenvalue weighted by molar-refractivity contribution is -0.136. The average Bonchev–Trinajstić information content (AvgIpc) is 4.01. The first-order chi connectivity index (χ1) is 27.8. The number of thiocarbonyl (C=S) groups is 1. The second-order valence-electron chi connectivity index (χ2n) is 14.7. The molecular weight excluding hydrogens is 852 g/mol. The van der Waals surface area contributed by atoms with Gasteiger partial charge in [0, 0.05) is 87.0 Å². The molecule has 3 amide bonds. The van der Waals surface area contributed by atoms with Gasteiger partial charge in [0.25, 0.3) is 11.8 Å². The Kier molecular flexibility index (Phi) is 13.3. The van der Waals surface area contributed by atoms with Crippen molar-refractivity contribution in [2.24, 2.45) is 0 Å². The zero-order valence-electron chi connectivity index (χ0n) is 31.4. The molecule has 1 saturated carbocycles. The Hall–Kier alpha value is -3.77. The molecule has 4 fully saturated rings. The third-order valence-corrected chi connectivity index (χ3v) is 13.3. The molecule has 3 saturated heterocycles. The molecule has 4 heterocycles. The predicted molar refractivity (Wildman–Crippen MR) is 228 cm³/mol. The highest BCUT2D eigenvalue weighted by atomic mass is 35.5. The van der Waals surface area contributed by atoms with Crippen molar-refractivity contribution in [3.8, 4) is 0 Å². The number of piperazine rings is 2. The van der Waals surface area contributed by atoms with Gasteiger partial charge < -0.3 is 19.5 Å². The summed E-state index contributed by atoms with van der Waals surface area (Å²) in [5.74, 6) is -2.61. The van der Waals surface area contributed by atoms with Crippen molar-refractivity contribution in [1.82, 2.24) is 29.7 Å². The van der Waals surface area contributed by atoms with Gasteiger partial charge in [0.05, 0.1) is 26.2 Å². The number of aromatic carboxylic acids is 1. The van der Waals surface area contributed by atoms with Gasteiger partial charge in [0.15, 0.2) is 0 Å². The number of unbranched alkanes of at least 4 members (excludes halogenated alkanes) is 2. The highest BCUT2D eigenvalue weighted by molar-refractivity contribution is 8.26. The van der Waals surface area contributed by atoms with Crippen LogP contribution in [0.1, 0.15) is 60.5 Å². The summed E-state index contributed by atoms with van der Waals surface area (Å²) in [6.07, 6.45) is 7.71. The van der Waals surface area contributed by atoms with Crippen LogP contribution in [0.3, 0.4) is 0 Å². The van der Waals surface area contributed by atoms with Gasteiger partial charge in [0.1, 0.15) is 22.2 Å². The van der Waals surface area contributed by atoms with Crippen LogP contribution >= 0.6 is 58.8 Å². The fourth-order valence-electron chi connectivity index (χ4n) is 7.43. The molecule has 0 bridgehead atoms. The number of carbonyl (C=O) groups is 4. The topological polar surface area (TPSA) is 139 Å². The molecule has 0 unspecified atom stereocenters. The van der Waals surface area contributed by atoms with Crippen molar-refractivity contribution in [2.75, 3.05) is 70.3 Å². The maximum absolute atomic E-state index is 15.4. The minimum atomic E-state index is -1.31. The van der Waals surface area contributed by atoms with E-state index >= 15 is 4.39 Å². The number of aromatic nitrogens is 1. The number of carbonyl (C=O) groups excluding carboxylic acids is 3. The second-order valence-corrected chi connectivity index (χ2v) is 17.6. The zero-order valence-corrected chi connectivity index (χ0v) is 35.3. The Morgan fingerprint density at radius 1 is 0.948 bits per heavy atom. The molecule has 1 aromatic heterocycles. The minimum Gasteiger partial charge on any atom is -0.477 e. The molecule has 19 heteroatoms. The number of amides is 3. The van der Waals surface area contributed by atoms with Crippen molar-refractivity contribution in [2.45, 2.75) is 44.6 Å². The lowest BCUT2D eigenvalue weighted by atomic mass is 10.1. The number of halogens is 4. The molecule has 0 spiro atoms. The summed E-state index contributed by atoms with van der Waals surface area (Å²) in [4.78, 5) is 71.1. The fourth-order valence-corrected chi connectivity index (χ4v) is 9.31. The Labute approximate surface area is 358 Å². The quantitative estimate of drug-likeness (QED) is 0.0920. The molecule has 0 radical (unpaired) electrons. The smallest absolute Gasteiger partial charge is 0.341 e. The first kappa shape index (κ1) is 42.4. The number of benzene rings is 2. The molecule has 58 heavy (non-hydrogen) atoms. The number of nitrogens with zero attached hydrogens (tertiary/aromatic N) is 6. The molecule has 7 rings (SSSR count). The molecule has 1 aliphatic carbocycles. The van der Waals surface area contributed by atoms with E-state index in [1.54, 1.807) is 23.2 Å². The number of hydrogen-bond acceptors (Lipinski definition) is 10. The lowest BCUT2D eigenvalue weighted by Gasteiger charge is -2.36. The third-order valence-electron chi connectivity index (χ3n) is 10.8. The summed E-state index contributed by atoms with van der Waals surface area (Å²) in [5, 5.41) is 12.2. The minimum absolute atomic E-state index is 0.0764. The lowest BCUT2D eigenvalue weighted by Crippen LogP contribution is -2.56. The normalized spacial score (nSPS) is 18.8. The molecule has 13 nitrogen and oxygen atoms in total. The highest BCUT2D eigenvalue weighted by Gasteiger charge is 2.35. The Morgan fingerprint density at radius 3 is 2.34 bits per heavy atom. The summed E-state index contributed by atoms with van der Waals surface area (Å²) in [6.45, 7) is 5.16. The van der Waals surface area contributed by atoms with Crippen LogP contribution in [0.2, 0.25) is 15.1 Å². The van der Waals surface area contributed by atoms with E-state index in [4.69, 9.17) is 47.0 Å². The number of hydrazine groups is 1. The van der Waals surface area contributed by atoms with Crippen LogP contribution in [-0.2, 0) is 14.4 Å². The van der Waals surface area contributed by atoms with Gasteiger partial charge in [-0.05, 0) is 62.6 Å². The van der Waals surface area contributed by atoms with Crippen molar-refractivity contribution in [1.29, 1.82) is 0 Å². The molecule has 3 aromatic rings. The first-order valence-electron chi connectivity index (χ1n) is 19.1. The van der Waals surface area contributed by atoms with Crippen LogP contribution < -0.4 is 15.8 Å². The Bertz CT molecular complexity index is 2260. The standard InChI is InChI=1S/C39H41Cl3FN7O6S2/c40-27-7-8-28(41)35(42)24(27)19-32-37(54)50(39(57)58-32)22-33(51)44-48-16-14-47(15-17-48)34(52)4-2-1-3-9-45-10-12-46(13-11-45)31-20-30-25(18-29(31)43)36(53)26(38(55)56)21-49(30)23-5-6-23/h7-8,18-21,23H,1-6,9-17,22H2,(H,44,51)(H,55,56)/b32-19-. The second kappa shape index (κ2) is 18.2. The molecule has 3 aliphatic heterocycles. The molecule has 4 aliphatic rings. The number of rotatable bonds is 13. The van der Waals surface area contributed by atoms with Crippen LogP contribution in [0.25, 0.3) is 17.0 Å². The maximum Gasteiger partial charge on any atom is 0.341 e. The predicted octanol–water partition coefficient (Wildman–Crippen LogP) is 5.89. The van der Waals surface area contributed by atoms with Gasteiger partial charge in [0.2, 0.25) is 11.3 Å². The number of fused-ring (bicyclic) bond motifs is 1. The molecule has 2 aromatic carbocycles. The highest BCUT2D eigenvalue weighted by Crippen LogP contribution is 2.39. The van der Waals surface area contributed by atoms with E-state index in [9.17, 15) is 29.1 Å². The summed E-state index contributed by atoms with van der Waals surface area (Å²) in [7, 11) is 0. The van der Waals surface area contributed by atoms with Gasteiger partial charge in [-0.2, -0.15) is 0 Å². The number of hydrogen-bond donors (Lipinski definition) is 2. The van der Waals surface area contributed by atoms with Crippen molar-refractivity contribution in [3.63, 3.8) is 0 Å². The average molecular weight is 893 g/mol. The van der Waals surface area contributed by atoms with Crippen LogP contribution in [0.5, 0.6) is 0 Å². The molecule has 308 valence electrons. The Morgan fingerprint density at radius 2 is 1.66 bits per heavy atom. The molecule has 0 atom stereocenters. The summed E-state index contributed by atoms with van der Waals surface area (Å²) < 4.78 is 17.4. The number of thioether (sulfide) groups is 1.